The molecule has 3 aliphatic heterocycles. The number of ether oxygens (including phenoxy) is 2. The summed E-state index contributed by atoms with van der Waals surface area (Å²) in [5.41, 5.74) is 8.42. The molecule has 5 heterocycles. The summed E-state index contributed by atoms with van der Waals surface area (Å²) < 4.78 is 12.8. The van der Waals surface area contributed by atoms with E-state index in [0.717, 1.165) is 60.1 Å². The number of hydrogen-bond donors (Lipinski definition) is 1. The lowest BCUT2D eigenvalue weighted by Crippen LogP contribution is -2.37. The number of benzene rings is 1. The molecule has 1 aromatic carbocycles. The minimum Gasteiger partial charge on any atom is -0.479 e. The van der Waals surface area contributed by atoms with Gasteiger partial charge < -0.3 is 14.4 Å². The molecule has 0 spiro atoms. The Bertz CT molecular complexity index is 1150. The van der Waals surface area contributed by atoms with Crippen molar-refractivity contribution in [3.8, 4) is 23.0 Å². The van der Waals surface area contributed by atoms with Crippen LogP contribution in [0.4, 0.5) is 11.5 Å². The lowest BCUT2D eigenvalue weighted by atomic mass is 10.1. The summed E-state index contributed by atoms with van der Waals surface area (Å²) in [6.45, 7) is 3.89. The Hall–Kier alpha value is -3.59. The second-order valence-electron chi connectivity index (χ2n) is 7.67. The van der Waals surface area contributed by atoms with Gasteiger partial charge in [-0.1, -0.05) is 36.4 Å². The van der Waals surface area contributed by atoms with E-state index in [1.807, 2.05) is 36.5 Å². The normalized spacial score (nSPS) is 17.3. The summed E-state index contributed by atoms with van der Waals surface area (Å²) in [5, 5.41) is 6.79. The maximum Gasteiger partial charge on any atom is 0.253 e. The Morgan fingerprint density at radius 3 is 2.71 bits per heavy atom. The Labute approximate surface area is 179 Å². The number of hydrazine groups is 1. The van der Waals surface area contributed by atoms with E-state index in [1.54, 1.807) is 11.8 Å². The van der Waals surface area contributed by atoms with Gasteiger partial charge in [0.15, 0.2) is 5.82 Å². The molecule has 31 heavy (non-hydrogen) atoms. The van der Waals surface area contributed by atoms with Crippen LogP contribution in [-0.2, 0) is 4.74 Å². The summed E-state index contributed by atoms with van der Waals surface area (Å²) in [4.78, 5) is 12.1. The number of anilines is 2. The second kappa shape index (κ2) is 7.28. The van der Waals surface area contributed by atoms with Crippen molar-refractivity contribution in [2.75, 3.05) is 50.3 Å². The molecule has 1 saturated heterocycles. The van der Waals surface area contributed by atoms with Gasteiger partial charge in [-0.3, -0.25) is 10.4 Å². The largest absolute Gasteiger partial charge is 0.479 e. The molecular formula is C22H23N7O2. The summed E-state index contributed by atoms with van der Waals surface area (Å²) in [5.74, 6) is 1.95. The maximum absolute atomic E-state index is 5.56. The van der Waals surface area contributed by atoms with E-state index in [4.69, 9.17) is 19.4 Å². The number of nitrogens with zero attached hydrogens (tertiary/aromatic N) is 6. The SMILES string of the molecule is COc1nn(-c2nc3c(c(N4CCOCC4)n2)NN2CCC=C32)cc1-c1ccccc1. The van der Waals surface area contributed by atoms with Crippen LogP contribution < -0.4 is 15.1 Å². The molecule has 0 saturated carbocycles. The number of hydrogen-bond acceptors (Lipinski definition) is 8. The molecule has 0 amide bonds. The van der Waals surface area contributed by atoms with E-state index < -0.39 is 0 Å². The molecule has 1 N–H and O–H groups in total. The maximum atomic E-state index is 5.56. The van der Waals surface area contributed by atoms with Crippen molar-refractivity contribution in [2.24, 2.45) is 0 Å². The topological polar surface area (TPSA) is 80.6 Å². The third-order valence-corrected chi connectivity index (χ3v) is 5.82. The van der Waals surface area contributed by atoms with Gasteiger partial charge in [-0.05, 0) is 12.0 Å². The third-order valence-electron chi connectivity index (χ3n) is 5.82. The van der Waals surface area contributed by atoms with Gasteiger partial charge in [-0.15, -0.1) is 5.10 Å². The van der Waals surface area contributed by atoms with Crippen LogP contribution in [0.5, 0.6) is 5.88 Å². The molecule has 1 fully saturated rings. The van der Waals surface area contributed by atoms with Crippen molar-refractivity contribution in [2.45, 2.75) is 6.42 Å². The van der Waals surface area contributed by atoms with E-state index in [2.05, 4.69) is 26.5 Å². The molecule has 0 aliphatic carbocycles. The zero-order valence-corrected chi connectivity index (χ0v) is 17.3. The lowest BCUT2D eigenvalue weighted by molar-refractivity contribution is 0.122. The van der Waals surface area contributed by atoms with Crippen LogP contribution >= 0.6 is 0 Å². The van der Waals surface area contributed by atoms with E-state index in [1.165, 1.54) is 0 Å². The van der Waals surface area contributed by atoms with Crippen LogP contribution in [-0.4, -0.2) is 64.7 Å². The number of nitrogens with one attached hydrogen (secondary N) is 1. The fourth-order valence-corrected chi connectivity index (χ4v) is 4.30. The fourth-order valence-electron chi connectivity index (χ4n) is 4.30. The first-order valence-electron chi connectivity index (χ1n) is 10.5. The van der Waals surface area contributed by atoms with Crippen LogP contribution in [0.25, 0.3) is 22.8 Å². The van der Waals surface area contributed by atoms with Gasteiger partial charge in [0.25, 0.3) is 5.95 Å². The molecule has 3 aromatic rings. The quantitative estimate of drug-likeness (QED) is 0.694. The first-order chi connectivity index (χ1) is 15.3. The minimum absolute atomic E-state index is 0.525. The standard InChI is InChI=1S/C22H23N7O2/c1-30-21-16(15-6-3-2-4-7-15)14-29(26-21)22-23-18-17-8-5-9-28(17)25-19(18)20(24-22)27-10-12-31-13-11-27/h2-4,6-8,14,25H,5,9-13H2,1H3. The van der Waals surface area contributed by atoms with Crippen LogP contribution in [0, 0.1) is 0 Å². The highest BCUT2D eigenvalue weighted by atomic mass is 16.5. The Balaban J connectivity index is 1.49. The zero-order valence-electron chi connectivity index (χ0n) is 17.3. The Morgan fingerprint density at radius 2 is 1.90 bits per heavy atom. The van der Waals surface area contributed by atoms with Gasteiger partial charge in [0, 0.05) is 25.8 Å². The van der Waals surface area contributed by atoms with Gasteiger partial charge in [-0.25, -0.2) is 9.67 Å². The van der Waals surface area contributed by atoms with Crippen LogP contribution in [0.3, 0.4) is 0 Å². The van der Waals surface area contributed by atoms with Crippen LogP contribution in [0.2, 0.25) is 0 Å². The van der Waals surface area contributed by atoms with Gasteiger partial charge >= 0.3 is 0 Å². The summed E-state index contributed by atoms with van der Waals surface area (Å²) in [6, 6.07) is 10.1. The average Bonchev–Trinajstić information content (AvgIpc) is 3.54. The Morgan fingerprint density at radius 1 is 1.06 bits per heavy atom. The molecule has 0 radical (unpaired) electrons. The molecule has 158 valence electrons. The zero-order chi connectivity index (χ0) is 20.8. The van der Waals surface area contributed by atoms with E-state index in [9.17, 15) is 0 Å². The second-order valence-corrected chi connectivity index (χ2v) is 7.67. The predicted molar refractivity (Wildman–Crippen MR) is 117 cm³/mol. The molecule has 9 heteroatoms. The first kappa shape index (κ1) is 18.2. The number of aromatic nitrogens is 4. The van der Waals surface area contributed by atoms with Crippen molar-refractivity contribution < 1.29 is 9.47 Å². The third kappa shape index (κ3) is 3.00. The number of fused-ring (bicyclic) bond motifs is 3. The summed E-state index contributed by atoms with van der Waals surface area (Å²) in [6.07, 6.45) is 5.15. The van der Waals surface area contributed by atoms with Crippen LogP contribution in [0.1, 0.15) is 12.1 Å². The number of morpholine rings is 1. The highest BCUT2D eigenvalue weighted by Crippen LogP contribution is 2.42. The average molecular weight is 417 g/mol. The molecule has 6 rings (SSSR count). The van der Waals surface area contributed by atoms with Crippen molar-refractivity contribution in [1.29, 1.82) is 0 Å². The number of rotatable bonds is 4. The highest BCUT2D eigenvalue weighted by molar-refractivity contribution is 5.86. The van der Waals surface area contributed by atoms with Crippen molar-refractivity contribution in [3.63, 3.8) is 0 Å². The molecule has 2 aromatic heterocycles. The lowest BCUT2D eigenvalue weighted by Gasteiger charge is -2.29. The van der Waals surface area contributed by atoms with Gasteiger partial charge in [0.1, 0.15) is 11.4 Å². The van der Waals surface area contributed by atoms with Crippen LogP contribution in [0.15, 0.2) is 42.6 Å². The van der Waals surface area contributed by atoms with E-state index in [0.29, 0.717) is 25.0 Å². The van der Waals surface area contributed by atoms with Gasteiger partial charge in [0.05, 0.1) is 31.6 Å². The van der Waals surface area contributed by atoms with Gasteiger partial charge in [0.2, 0.25) is 5.88 Å². The molecule has 0 atom stereocenters. The molecule has 9 nitrogen and oxygen atoms in total. The van der Waals surface area contributed by atoms with E-state index in [-0.39, 0.29) is 0 Å². The minimum atomic E-state index is 0.525. The molecule has 0 bridgehead atoms. The Kier molecular flexibility index (Phi) is 4.27. The highest BCUT2D eigenvalue weighted by Gasteiger charge is 2.34. The summed E-state index contributed by atoms with van der Waals surface area (Å²) >= 11 is 0. The predicted octanol–water partition coefficient (Wildman–Crippen LogP) is 2.56. The fraction of sp³-hybridized carbons (Fsp3) is 0.318. The molecular weight excluding hydrogens is 394 g/mol. The number of methoxy groups -OCH3 is 1. The van der Waals surface area contributed by atoms with Gasteiger partial charge in [-0.2, -0.15) is 4.98 Å². The van der Waals surface area contributed by atoms with Crippen molar-refractivity contribution in [1.82, 2.24) is 24.8 Å². The van der Waals surface area contributed by atoms with Crippen molar-refractivity contribution >= 4 is 17.2 Å². The first-order valence-corrected chi connectivity index (χ1v) is 10.5. The smallest absolute Gasteiger partial charge is 0.253 e. The molecule has 3 aliphatic rings. The van der Waals surface area contributed by atoms with E-state index >= 15 is 0 Å². The monoisotopic (exact) mass is 417 g/mol. The molecule has 0 unspecified atom stereocenters. The van der Waals surface area contributed by atoms with Crippen molar-refractivity contribution in [3.05, 3.63) is 48.3 Å². The summed E-state index contributed by atoms with van der Waals surface area (Å²) in [7, 11) is 1.63.